The van der Waals surface area contributed by atoms with Crippen molar-refractivity contribution in [2.45, 2.75) is 13.1 Å². The summed E-state index contributed by atoms with van der Waals surface area (Å²) >= 11 is 5.80. The number of anilines is 1. The summed E-state index contributed by atoms with van der Waals surface area (Å²) in [6.45, 7) is 1.29. The fourth-order valence-corrected chi connectivity index (χ4v) is 3.56. The summed E-state index contributed by atoms with van der Waals surface area (Å²) in [6.07, 6.45) is 3.08. The number of nitro groups is 1. The number of carbonyl (C=O) groups excluding carboxylic acids is 1. The van der Waals surface area contributed by atoms with Crippen LogP contribution < -0.4 is 9.47 Å². The lowest BCUT2D eigenvalue weighted by molar-refractivity contribution is -0.673. The number of hydrogen-bond acceptors (Lipinski definition) is 6. The minimum atomic E-state index is -0.703. The van der Waals surface area contributed by atoms with Crippen LogP contribution in [-0.4, -0.2) is 27.3 Å². The summed E-state index contributed by atoms with van der Waals surface area (Å²) in [5, 5.41) is 22.0. The van der Waals surface area contributed by atoms with Gasteiger partial charge in [-0.3, -0.25) is 14.9 Å². The van der Waals surface area contributed by atoms with Crippen LogP contribution in [0.5, 0.6) is 5.75 Å². The third kappa shape index (κ3) is 3.67. The summed E-state index contributed by atoms with van der Waals surface area (Å²) in [5.74, 6) is -1.44. The van der Waals surface area contributed by atoms with Gasteiger partial charge in [-0.05, 0) is 24.3 Å². The molecule has 0 aliphatic carbocycles. The SMILES string of the molecule is O=C(c1cc([N+](=O)[O-])c2[n+](c1)CCN2Cc1ccc(Cl)nc1)c1cc(F)ccc1O. The molecule has 3 aromatic rings. The Morgan fingerprint density at radius 2 is 2.13 bits per heavy atom. The van der Waals surface area contributed by atoms with Crippen LogP contribution in [0.15, 0.2) is 48.8 Å². The van der Waals surface area contributed by atoms with Crippen LogP contribution in [0.25, 0.3) is 0 Å². The van der Waals surface area contributed by atoms with E-state index >= 15 is 0 Å². The van der Waals surface area contributed by atoms with Gasteiger partial charge in [0.05, 0.1) is 16.1 Å². The standard InChI is InChI=1S/C20H14ClFN4O4/c21-18-4-1-12(9-23-18)10-24-5-6-25-11-13(7-16(20(24)25)26(29)30)19(28)15-8-14(22)2-3-17(15)27/h1-4,7-9,11H,5-6,10H2/p+1. The van der Waals surface area contributed by atoms with E-state index in [1.54, 1.807) is 22.9 Å². The third-order valence-corrected chi connectivity index (χ3v) is 5.05. The van der Waals surface area contributed by atoms with Crippen LogP contribution in [0, 0.1) is 15.9 Å². The predicted molar refractivity (Wildman–Crippen MR) is 105 cm³/mol. The maximum atomic E-state index is 13.5. The molecule has 0 fully saturated rings. The Morgan fingerprint density at radius 3 is 2.83 bits per heavy atom. The molecule has 2 aromatic heterocycles. The Bertz CT molecular complexity index is 1170. The van der Waals surface area contributed by atoms with Crippen molar-refractivity contribution in [1.82, 2.24) is 4.98 Å². The average molecular weight is 430 g/mol. The van der Waals surface area contributed by atoms with E-state index in [1.165, 1.54) is 6.20 Å². The maximum absolute atomic E-state index is 13.5. The van der Waals surface area contributed by atoms with Crippen molar-refractivity contribution in [3.8, 4) is 5.75 Å². The largest absolute Gasteiger partial charge is 0.507 e. The van der Waals surface area contributed by atoms with Gasteiger partial charge in [-0.25, -0.2) is 18.8 Å². The zero-order valence-electron chi connectivity index (χ0n) is 15.5. The van der Waals surface area contributed by atoms with Crippen molar-refractivity contribution in [2.24, 2.45) is 0 Å². The van der Waals surface area contributed by atoms with Crippen LogP contribution in [0.2, 0.25) is 5.15 Å². The molecule has 0 spiro atoms. The molecule has 30 heavy (non-hydrogen) atoms. The molecule has 0 radical (unpaired) electrons. The Hall–Kier alpha value is -3.59. The number of halogens is 2. The molecular formula is C20H15ClFN4O4+. The molecule has 4 rings (SSSR count). The van der Waals surface area contributed by atoms with E-state index < -0.39 is 22.3 Å². The Labute approximate surface area is 174 Å². The van der Waals surface area contributed by atoms with Gasteiger partial charge < -0.3 is 5.11 Å². The number of rotatable bonds is 5. The van der Waals surface area contributed by atoms with Gasteiger partial charge in [-0.1, -0.05) is 17.7 Å². The number of aromatic hydroxyl groups is 1. The van der Waals surface area contributed by atoms with E-state index in [0.717, 1.165) is 29.8 Å². The molecule has 0 saturated heterocycles. The first-order valence-electron chi connectivity index (χ1n) is 8.94. The summed E-state index contributed by atoms with van der Waals surface area (Å²) in [7, 11) is 0. The van der Waals surface area contributed by atoms with Gasteiger partial charge >= 0.3 is 11.5 Å². The quantitative estimate of drug-likeness (QED) is 0.220. The van der Waals surface area contributed by atoms with Gasteiger partial charge in [0.25, 0.3) is 0 Å². The minimum absolute atomic E-state index is 0.0126. The lowest BCUT2D eigenvalue weighted by Gasteiger charge is -2.11. The molecule has 1 aromatic carbocycles. The van der Waals surface area contributed by atoms with E-state index in [4.69, 9.17) is 11.6 Å². The highest BCUT2D eigenvalue weighted by atomic mass is 35.5. The highest BCUT2D eigenvalue weighted by molar-refractivity contribution is 6.29. The summed E-state index contributed by atoms with van der Waals surface area (Å²) in [6, 6.07) is 7.57. The van der Waals surface area contributed by atoms with Crippen LogP contribution >= 0.6 is 11.6 Å². The van der Waals surface area contributed by atoms with Gasteiger partial charge in [0.2, 0.25) is 5.78 Å². The number of phenols is 1. The Morgan fingerprint density at radius 1 is 1.33 bits per heavy atom. The Kier molecular flexibility index (Phi) is 5.04. The molecule has 1 aliphatic heterocycles. The van der Waals surface area contributed by atoms with Crippen LogP contribution in [0.1, 0.15) is 21.5 Å². The van der Waals surface area contributed by atoms with E-state index in [1.807, 2.05) is 4.90 Å². The van der Waals surface area contributed by atoms with Crippen LogP contribution in [-0.2, 0) is 13.1 Å². The molecule has 0 bridgehead atoms. The van der Waals surface area contributed by atoms with Crippen LogP contribution in [0.4, 0.5) is 15.9 Å². The zero-order valence-corrected chi connectivity index (χ0v) is 16.2. The van der Waals surface area contributed by atoms with Crippen molar-refractivity contribution in [1.29, 1.82) is 0 Å². The molecule has 8 nitrogen and oxygen atoms in total. The summed E-state index contributed by atoms with van der Waals surface area (Å²) < 4.78 is 15.2. The van der Waals surface area contributed by atoms with Crippen molar-refractivity contribution in [3.05, 3.63) is 86.6 Å². The molecule has 1 N–H and O–H groups in total. The van der Waals surface area contributed by atoms with Crippen molar-refractivity contribution in [3.63, 3.8) is 0 Å². The zero-order chi connectivity index (χ0) is 21.4. The molecule has 3 heterocycles. The topological polar surface area (TPSA) is 100 Å². The number of carbonyl (C=O) groups is 1. The summed E-state index contributed by atoms with van der Waals surface area (Å²) in [4.78, 5) is 29.8. The number of benzene rings is 1. The first kappa shape index (κ1) is 19.7. The molecule has 152 valence electrons. The lowest BCUT2D eigenvalue weighted by atomic mass is 10.0. The highest BCUT2D eigenvalue weighted by Crippen LogP contribution is 2.31. The van der Waals surface area contributed by atoms with Crippen molar-refractivity contribution in [2.75, 3.05) is 11.4 Å². The maximum Gasteiger partial charge on any atom is 0.358 e. The third-order valence-electron chi connectivity index (χ3n) is 4.82. The van der Waals surface area contributed by atoms with Crippen molar-refractivity contribution < 1.29 is 23.8 Å². The molecule has 0 atom stereocenters. The lowest BCUT2D eigenvalue weighted by Crippen LogP contribution is -2.33. The number of hydrogen-bond donors (Lipinski definition) is 1. The normalized spacial score (nSPS) is 12.7. The van der Waals surface area contributed by atoms with Crippen LogP contribution in [0.3, 0.4) is 0 Å². The molecule has 1 aliphatic rings. The van der Waals surface area contributed by atoms with E-state index in [0.29, 0.717) is 30.6 Å². The number of pyridine rings is 2. The van der Waals surface area contributed by atoms with E-state index in [9.17, 15) is 24.4 Å². The van der Waals surface area contributed by atoms with Gasteiger partial charge in [0, 0.05) is 17.8 Å². The number of aromatic nitrogens is 2. The first-order valence-corrected chi connectivity index (χ1v) is 9.32. The van der Waals surface area contributed by atoms with Crippen molar-refractivity contribution >= 4 is 28.9 Å². The molecule has 0 unspecified atom stereocenters. The second kappa shape index (κ2) is 7.68. The fraction of sp³-hybridized carbons (Fsp3) is 0.150. The number of nitrogens with zero attached hydrogens (tertiary/aromatic N) is 4. The molecule has 10 heteroatoms. The smallest absolute Gasteiger partial charge is 0.358 e. The highest BCUT2D eigenvalue weighted by Gasteiger charge is 2.38. The molecular weight excluding hydrogens is 415 g/mol. The first-order chi connectivity index (χ1) is 14.3. The van der Waals surface area contributed by atoms with Gasteiger partial charge in [-0.2, -0.15) is 0 Å². The van der Waals surface area contributed by atoms with Gasteiger partial charge in [0.15, 0.2) is 0 Å². The second-order valence-electron chi connectivity index (χ2n) is 6.79. The summed E-state index contributed by atoms with van der Waals surface area (Å²) in [5.41, 5.74) is 0.302. The number of phenolic OH excluding ortho intramolecular Hbond substituents is 1. The average Bonchev–Trinajstić information content (AvgIpc) is 3.13. The van der Waals surface area contributed by atoms with E-state index in [2.05, 4.69) is 4.98 Å². The monoisotopic (exact) mass is 429 g/mol. The van der Waals surface area contributed by atoms with E-state index in [-0.39, 0.29) is 16.8 Å². The molecule has 0 saturated carbocycles. The minimum Gasteiger partial charge on any atom is -0.507 e. The molecule has 0 amide bonds. The number of ketones is 1. The van der Waals surface area contributed by atoms with Gasteiger partial charge in [-0.15, -0.1) is 0 Å². The second-order valence-corrected chi connectivity index (χ2v) is 7.18. The predicted octanol–water partition coefficient (Wildman–Crippen LogP) is 3.03. The Balaban J connectivity index is 1.73. The van der Waals surface area contributed by atoms with Gasteiger partial charge in [0.1, 0.15) is 42.6 Å². The number of fused-ring (bicyclic) bond motifs is 1. The fourth-order valence-electron chi connectivity index (χ4n) is 3.45.